The summed E-state index contributed by atoms with van der Waals surface area (Å²) in [4.78, 5) is 16.5. The Hall–Kier alpha value is -2.65. The van der Waals surface area contributed by atoms with Crippen molar-refractivity contribution in [1.82, 2.24) is 9.58 Å². The van der Waals surface area contributed by atoms with Gasteiger partial charge in [-0.2, -0.15) is 5.26 Å². The quantitative estimate of drug-likeness (QED) is 0.807. The lowest BCUT2D eigenvalue weighted by Crippen LogP contribution is -2.46. The topological polar surface area (TPSA) is 61.1 Å². The van der Waals surface area contributed by atoms with Crippen molar-refractivity contribution in [3.63, 3.8) is 0 Å². The summed E-state index contributed by atoms with van der Waals surface area (Å²) in [6.45, 7) is 3.71. The van der Waals surface area contributed by atoms with Crippen LogP contribution in [0.1, 0.15) is 54.5 Å². The Morgan fingerprint density at radius 2 is 1.86 bits per heavy atom. The molecular weight excluding hydrogens is 380 g/mol. The van der Waals surface area contributed by atoms with Crippen LogP contribution >= 0.6 is 11.8 Å². The second kappa shape index (κ2) is 8.38. The fourth-order valence-corrected chi connectivity index (χ4v) is 5.43. The molecule has 1 unspecified atom stereocenters. The largest absolute Gasteiger partial charge is 0.344 e. The third-order valence-corrected chi connectivity index (χ3v) is 6.94. The van der Waals surface area contributed by atoms with Crippen LogP contribution in [0.25, 0.3) is 4.91 Å². The summed E-state index contributed by atoms with van der Waals surface area (Å²) >= 11 is 1.73. The molecule has 0 spiro atoms. The van der Waals surface area contributed by atoms with Crippen molar-refractivity contribution in [1.29, 1.82) is 5.26 Å². The van der Waals surface area contributed by atoms with Crippen molar-refractivity contribution >= 4 is 16.7 Å². The Morgan fingerprint density at radius 1 is 1.14 bits per heavy atom. The average Bonchev–Trinajstić information content (AvgIpc) is 3.16. The molecule has 1 fully saturated rings. The maximum Gasteiger partial charge on any atom is 0.287 e. The lowest BCUT2D eigenvalue weighted by Gasteiger charge is -2.36. The molecule has 2 aromatic rings. The molecule has 1 N–H and O–H groups in total. The smallest absolute Gasteiger partial charge is 0.287 e. The molecule has 1 aliphatic carbocycles. The Morgan fingerprint density at radius 3 is 2.55 bits per heavy atom. The highest BCUT2D eigenvalue weighted by atomic mass is 32.2. The Balaban J connectivity index is 1.67. The zero-order valence-electron chi connectivity index (χ0n) is 16.9. The van der Waals surface area contributed by atoms with Gasteiger partial charge in [0.05, 0.1) is 0 Å². The average molecular weight is 407 g/mol. The fourth-order valence-electron chi connectivity index (χ4n) is 4.23. The van der Waals surface area contributed by atoms with Gasteiger partial charge in [-0.1, -0.05) is 61.4 Å². The molecule has 6 heteroatoms. The molecule has 29 heavy (non-hydrogen) atoms. The van der Waals surface area contributed by atoms with Gasteiger partial charge in [-0.05, 0) is 43.9 Å². The van der Waals surface area contributed by atoms with E-state index in [1.165, 1.54) is 42.6 Å². The zero-order valence-corrected chi connectivity index (χ0v) is 17.7. The molecule has 1 aromatic carbocycles. The number of aryl methyl sites for hydroxylation is 2. The molecule has 0 amide bonds. The van der Waals surface area contributed by atoms with Crippen LogP contribution in [0.5, 0.6) is 0 Å². The fraction of sp³-hybridized carbons (Fsp3) is 0.391. The van der Waals surface area contributed by atoms with Gasteiger partial charge in [-0.15, -0.1) is 0 Å². The summed E-state index contributed by atoms with van der Waals surface area (Å²) < 4.78 is 1.54. The van der Waals surface area contributed by atoms with Crippen molar-refractivity contribution in [2.24, 2.45) is 0 Å². The van der Waals surface area contributed by atoms with Crippen LogP contribution in [-0.2, 0) is 0 Å². The monoisotopic (exact) mass is 406 g/mol. The summed E-state index contributed by atoms with van der Waals surface area (Å²) in [5, 5.41) is 9.41. The standard InChI is InChI=1S/C23H26N4OS/c1-16-13-17(2)27(22(28)20(16)14-24)25-23-26(19-11-7-4-8-12-19)15-21(29-23)18-9-5-3-6-10-18/h3,5-6,9-10,13,15,19,23,25H,4,7-8,11-12H2,1-2H3. The number of nitriles is 1. The van der Waals surface area contributed by atoms with E-state index in [-0.39, 0.29) is 16.6 Å². The molecule has 1 atom stereocenters. The van der Waals surface area contributed by atoms with Crippen molar-refractivity contribution in [3.8, 4) is 6.07 Å². The maximum atomic E-state index is 12.9. The van der Waals surface area contributed by atoms with Gasteiger partial charge < -0.3 is 4.90 Å². The molecule has 1 saturated carbocycles. The minimum Gasteiger partial charge on any atom is -0.344 e. The minimum absolute atomic E-state index is 0.0843. The first-order chi connectivity index (χ1) is 14.1. The lowest BCUT2D eigenvalue weighted by molar-refractivity contribution is 0.213. The number of benzene rings is 1. The maximum absolute atomic E-state index is 12.9. The molecule has 1 aliphatic heterocycles. The normalized spacial score (nSPS) is 19.7. The lowest BCUT2D eigenvalue weighted by atomic mass is 9.94. The summed E-state index contributed by atoms with van der Waals surface area (Å²) in [6.07, 6.45) is 8.37. The van der Waals surface area contributed by atoms with E-state index in [9.17, 15) is 10.1 Å². The SMILES string of the molecule is Cc1cc(C)n(NC2SC(c3ccccc3)=CN2C2CCCCC2)c(=O)c1C#N. The van der Waals surface area contributed by atoms with E-state index in [0.29, 0.717) is 6.04 Å². The highest BCUT2D eigenvalue weighted by Crippen LogP contribution is 2.41. The van der Waals surface area contributed by atoms with E-state index < -0.39 is 0 Å². The van der Waals surface area contributed by atoms with Crippen molar-refractivity contribution in [3.05, 3.63) is 75.3 Å². The molecule has 0 saturated heterocycles. The van der Waals surface area contributed by atoms with Gasteiger partial charge in [0.1, 0.15) is 11.6 Å². The molecule has 0 bridgehead atoms. The van der Waals surface area contributed by atoms with E-state index in [1.54, 1.807) is 16.4 Å². The highest BCUT2D eigenvalue weighted by Gasteiger charge is 2.33. The number of nitrogens with zero attached hydrogens (tertiary/aromatic N) is 3. The number of hydrogen-bond acceptors (Lipinski definition) is 5. The van der Waals surface area contributed by atoms with E-state index in [2.05, 4.69) is 46.9 Å². The third kappa shape index (κ3) is 3.92. The van der Waals surface area contributed by atoms with Gasteiger partial charge in [0.15, 0.2) is 5.50 Å². The molecule has 2 heterocycles. The van der Waals surface area contributed by atoms with Gasteiger partial charge >= 0.3 is 0 Å². The number of nitrogens with one attached hydrogen (secondary N) is 1. The van der Waals surface area contributed by atoms with Gasteiger partial charge in [0, 0.05) is 22.8 Å². The van der Waals surface area contributed by atoms with Crippen LogP contribution in [0.4, 0.5) is 0 Å². The van der Waals surface area contributed by atoms with Crippen molar-refractivity contribution in [2.45, 2.75) is 57.5 Å². The van der Waals surface area contributed by atoms with Crippen molar-refractivity contribution < 1.29 is 0 Å². The molecule has 150 valence electrons. The number of pyridine rings is 1. The summed E-state index contributed by atoms with van der Waals surface area (Å²) in [7, 11) is 0. The Labute approximate surface area is 176 Å². The van der Waals surface area contributed by atoms with Crippen LogP contribution in [0.3, 0.4) is 0 Å². The second-order valence-electron chi connectivity index (χ2n) is 7.79. The summed E-state index contributed by atoms with van der Waals surface area (Å²) in [5.41, 5.74) is 5.98. The Kier molecular flexibility index (Phi) is 5.68. The van der Waals surface area contributed by atoms with Gasteiger partial charge in [-0.3, -0.25) is 10.2 Å². The molecular formula is C23H26N4OS. The number of aromatic nitrogens is 1. The first kappa shape index (κ1) is 19.7. The molecule has 5 nitrogen and oxygen atoms in total. The van der Waals surface area contributed by atoms with Crippen molar-refractivity contribution in [2.75, 3.05) is 5.43 Å². The highest BCUT2D eigenvalue weighted by molar-refractivity contribution is 8.09. The van der Waals surface area contributed by atoms with Gasteiger partial charge in [-0.25, -0.2) is 4.68 Å². The first-order valence-corrected chi connectivity index (χ1v) is 11.1. The number of rotatable bonds is 4. The molecule has 4 rings (SSSR count). The minimum atomic E-state index is -0.276. The predicted octanol–water partition coefficient (Wildman–Crippen LogP) is 4.54. The van der Waals surface area contributed by atoms with Gasteiger partial charge in [0.25, 0.3) is 5.56 Å². The first-order valence-electron chi connectivity index (χ1n) is 10.2. The second-order valence-corrected chi connectivity index (χ2v) is 8.92. The van der Waals surface area contributed by atoms with Crippen LogP contribution in [0.2, 0.25) is 0 Å². The molecule has 0 radical (unpaired) electrons. The number of thioether (sulfide) groups is 1. The molecule has 1 aromatic heterocycles. The predicted molar refractivity (Wildman–Crippen MR) is 119 cm³/mol. The zero-order chi connectivity index (χ0) is 20.4. The summed E-state index contributed by atoms with van der Waals surface area (Å²) in [6, 6.07) is 14.8. The van der Waals surface area contributed by atoms with E-state index in [0.717, 1.165) is 11.3 Å². The van der Waals surface area contributed by atoms with Gasteiger partial charge in [0.2, 0.25) is 0 Å². The van der Waals surface area contributed by atoms with Crippen LogP contribution in [0, 0.1) is 25.2 Å². The number of hydrogen-bond donors (Lipinski definition) is 1. The van der Waals surface area contributed by atoms with Crippen LogP contribution in [-0.4, -0.2) is 21.1 Å². The van der Waals surface area contributed by atoms with Crippen LogP contribution < -0.4 is 11.0 Å². The summed E-state index contributed by atoms with van der Waals surface area (Å²) in [5.74, 6) is 0. The van der Waals surface area contributed by atoms with E-state index >= 15 is 0 Å². The van der Waals surface area contributed by atoms with Crippen LogP contribution in [0.15, 0.2) is 47.4 Å². The van der Waals surface area contributed by atoms with E-state index in [4.69, 9.17) is 0 Å². The third-order valence-electron chi connectivity index (χ3n) is 5.77. The van der Waals surface area contributed by atoms with E-state index in [1.807, 2.05) is 26.0 Å². The Bertz CT molecular complexity index is 1020. The molecule has 2 aliphatic rings.